The Morgan fingerprint density at radius 2 is 1.69 bits per heavy atom. The summed E-state index contributed by atoms with van der Waals surface area (Å²) in [7, 11) is 0. The molecule has 0 aliphatic heterocycles. The lowest BCUT2D eigenvalue weighted by atomic mass is 9.94. The van der Waals surface area contributed by atoms with Crippen LogP contribution >= 0.6 is 0 Å². The van der Waals surface area contributed by atoms with Gasteiger partial charge >= 0.3 is 6.18 Å². The highest BCUT2D eigenvalue weighted by Crippen LogP contribution is 2.42. The predicted octanol–water partition coefficient (Wildman–Crippen LogP) is 8.80. The van der Waals surface area contributed by atoms with Crippen molar-refractivity contribution < 1.29 is 18.3 Å². The van der Waals surface area contributed by atoms with Crippen molar-refractivity contribution in [3.05, 3.63) is 100 Å². The molecule has 0 spiro atoms. The molecule has 1 aliphatic carbocycles. The number of phenols is 1. The second-order valence-electron chi connectivity index (χ2n) is 8.99. The quantitative estimate of drug-likeness (QED) is 0.406. The maximum absolute atomic E-state index is 13.1. The van der Waals surface area contributed by atoms with Gasteiger partial charge in [0, 0.05) is 0 Å². The van der Waals surface area contributed by atoms with Gasteiger partial charge in [-0.25, -0.2) is 4.98 Å². The van der Waals surface area contributed by atoms with Crippen molar-refractivity contribution in [2.24, 2.45) is 0 Å². The molecule has 1 aromatic heterocycles. The first-order chi connectivity index (χ1) is 16.5. The zero-order chi connectivity index (χ0) is 25.8. The number of rotatable bonds is 4. The van der Waals surface area contributed by atoms with Crippen molar-refractivity contribution in [2.45, 2.75) is 59.6 Å². The molecule has 184 valence electrons. The van der Waals surface area contributed by atoms with E-state index in [-0.39, 0.29) is 0 Å². The molecule has 0 bridgehead atoms. The summed E-state index contributed by atoms with van der Waals surface area (Å²) in [6.07, 6.45) is -0.764. The number of aryl methyl sites for hydroxylation is 3. The van der Waals surface area contributed by atoms with Crippen molar-refractivity contribution in [1.29, 1.82) is 0 Å². The number of alkyl halides is 3. The maximum atomic E-state index is 13.1. The molecule has 1 aliphatic rings. The summed E-state index contributed by atoms with van der Waals surface area (Å²) < 4.78 is 39.3. The van der Waals surface area contributed by atoms with E-state index in [1.807, 2.05) is 45.0 Å². The van der Waals surface area contributed by atoms with Crippen molar-refractivity contribution in [3.63, 3.8) is 0 Å². The van der Waals surface area contributed by atoms with Crippen LogP contribution in [-0.2, 0) is 12.6 Å². The number of benzene rings is 2. The average molecular weight is 480 g/mol. The third kappa shape index (κ3) is 6.41. The highest BCUT2D eigenvalue weighted by molar-refractivity contribution is 5.93. The number of halogens is 3. The number of aromatic hydroxyl groups is 1. The smallest absolute Gasteiger partial charge is 0.416 e. The Balaban J connectivity index is 0.000000287. The Bertz CT molecular complexity index is 1250. The van der Waals surface area contributed by atoms with Gasteiger partial charge < -0.3 is 5.11 Å². The highest BCUT2D eigenvalue weighted by atomic mass is 19.4. The molecular weight excluding hydrogens is 447 g/mol. The van der Waals surface area contributed by atoms with Crippen molar-refractivity contribution in [1.82, 2.24) is 4.98 Å². The van der Waals surface area contributed by atoms with Crippen molar-refractivity contribution in [3.8, 4) is 5.75 Å². The van der Waals surface area contributed by atoms with Gasteiger partial charge in [-0.1, -0.05) is 31.7 Å². The van der Waals surface area contributed by atoms with E-state index in [1.165, 1.54) is 17.2 Å². The van der Waals surface area contributed by atoms with Crippen LogP contribution in [0.1, 0.15) is 72.3 Å². The third-order valence-corrected chi connectivity index (χ3v) is 6.31. The first-order valence-electron chi connectivity index (χ1n) is 11.8. The first-order valence-corrected chi connectivity index (χ1v) is 11.8. The number of nitrogens with zero attached hydrogens (tertiary/aromatic N) is 1. The summed E-state index contributed by atoms with van der Waals surface area (Å²) in [4.78, 5) is 4.65. The Morgan fingerprint density at radius 1 is 0.971 bits per heavy atom. The second-order valence-corrected chi connectivity index (χ2v) is 8.99. The largest absolute Gasteiger partial charge is 0.508 e. The Hall–Kier alpha value is -3.34. The summed E-state index contributed by atoms with van der Waals surface area (Å²) >= 11 is 0. The van der Waals surface area contributed by atoms with Gasteiger partial charge in [-0.3, -0.25) is 0 Å². The summed E-state index contributed by atoms with van der Waals surface area (Å²) in [5.74, 6) is 0.356. The fourth-order valence-electron chi connectivity index (χ4n) is 4.36. The summed E-state index contributed by atoms with van der Waals surface area (Å²) in [5.41, 5.74) is 7.97. The van der Waals surface area contributed by atoms with Crippen LogP contribution in [0.4, 0.5) is 13.2 Å². The Labute approximate surface area is 205 Å². The molecule has 2 aromatic carbocycles. The molecule has 0 unspecified atom stereocenters. The molecule has 0 saturated carbocycles. The van der Waals surface area contributed by atoms with Gasteiger partial charge in [-0.15, -0.1) is 0 Å². The minimum atomic E-state index is -4.33. The SMILES string of the molecule is C=C(C)c1cccc(C2=C(c3cc(C(F)(F)F)ccc3C)CCC2)n1.CCc1ccc(O)cc1C. The molecule has 4 rings (SSSR count). The summed E-state index contributed by atoms with van der Waals surface area (Å²) in [6, 6.07) is 15.2. The van der Waals surface area contributed by atoms with Crippen LogP contribution in [0.15, 0.2) is 61.2 Å². The standard InChI is InChI=1S/C21H20F3N.C9H12O/c1-13(2)19-8-5-9-20(25-19)17-7-4-6-16(17)18-12-15(21(22,23)24)11-10-14(18)3;1-3-8-4-5-9(10)6-7(8)2/h5,8-12H,1,4,6-7H2,2-3H3;4-6,10H,3H2,1-2H3. The topological polar surface area (TPSA) is 33.1 Å². The number of aromatic nitrogens is 1. The fraction of sp³-hybridized carbons (Fsp3) is 0.300. The molecular formula is C30H32F3NO. The second kappa shape index (κ2) is 10.9. The van der Waals surface area contributed by atoms with Crippen LogP contribution in [-0.4, -0.2) is 10.1 Å². The van der Waals surface area contributed by atoms with Gasteiger partial charge in [0.1, 0.15) is 5.75 Å². The van der Waals surface area contributed by atoms with Gasteiger partial charge in [-0.05, 0) is 122 Å². The van der Waals surface area contributed by atoms with Gasteiger partial charge in [0.25, 0.3) is 0 Å². The van der Waals surface area contributed by atoms with E-state index in [0.29, 0.717) is 11.3 Å². The monoisotopic (exact) mass is 479 g/mol. The number of pyridine rings is 1. The van der Waals surface area contributed by atoms with Crippen molar-refractivity contribution in [2.75, 3.05) is 0 Å². The Kier molecular flexibility index (Phi) is 8.21. The van der Waals surface area contributed by atoms with E-state index in [4.69, 9.17) is 5.11 Å². The summed E-state index contributed by atoms with van der Waals surface area (Å²) in [5, 5.41) is 9.03. The molecule has 35 heavy (non-hydrogen) atoms. The maximum Gasteiger partial charge on any atom is 0.416 e. The van der Waals surface area contributed by atoms with Gasteiger partial charge in [0.15, 0.2) is 0 Å². The molecule has 0 amide bonds. The molecule has 0 saturated heterocycles. The molecule has 0 radical (unpaired) electrons. The minimum Gasteiger partial charge on any atom is -0.508 e. The molecule has 2 nitrogen and oxygen atoms in total. The van der Waals surface area contributed by atoms with Gasteiger partial charge in [0.05, 0.1) is 17.0 Å². The number of allylic oxidation sites excluding steroid dienone is 3. The van der Waals surface area contributed by atoms with Crippen molar-refractivity contribution >= 4 is 16.7 Å². The van der Waals surface area contributed by atoms with Gasteiger partial charge in [-0.2, -0.15) is 13.2 Å². The lowest BCUT2D eigenvalue weighted by Crippen LogP contribution is -2.06. The fourth-order valence-corrected chi connectivity index (χ4v) is 4.36. The zero-order valence-corrected chi connectivity index (χ0v) is 20.8. The predicted molar refractivity (Wildman–Crippen MR) is 138 cm³/mol. The lowest BCUT2D eigenvalue weighted by Gasteiger charge is -2.14. The average Bonchev–Trinajstić information content (AvgIpc) is 3.29. The minimum absolute atomic E-state index is 0.356. The molecule has 3 aromatic rings. The third-order valence-electron chi connectivity index (χ3n) is 6.31. The van der Waals surface area contributed by atoms with E-state index in [9.17, 15) is 13.2 Å². The van der Waals surface area contributed by atoms with E-state index in [0.717, 1.165) is 65.4 Å². The summed E-state index contributed by atoms with van der Waals surface area (Å²) in [6.45, 7) is 11.8. The number of hydrogen-bond acceptors (Lipinski definition) is 2. The molecule has 1 heterocycles. The van der Waals surface area contributed by atoms with Crippen LogP contribution in [0.5, 0.6) is 5.75 Å². The van der Waals surface area contributed by atoms with Crippen LogP contribution in [0.25, 0.3) is 16.7 Å². The van der Waals surface area contributed by atoms with Crippen LogP contribution in [0.3, 0.4) is 0 Å². The first kappa shape index (κ1) is 26.3. The van der Waals surface area contributed by atoms with Crippen LogP contribution in [0.2, 0.25) is 0 Å². The zero-order valence-electron chi connectivity index (χ0n) is 20.8. The normalized spacial score (nSPS) is 13.5. The lowest BCUT2D eigenvalue weighted by molar-refractivity contribution is -0.137. The van der Waals surface area contributed by atoms with E-state index >= 15 is 0 Å². The van der Waals surface area contributed by atoms with Crippen LogP contribution < -0.4 is 0 Å². The molecule has 0 atom stereocenters. The molecule has 5 heteroatoms. The van der Waals surface area contributed by atoms with E-state index < -0.39 is 11.7 Å². The number of hydrogen-bond donors (Lipinski definition) is 1. The van der Waals surface area contributed by atoms with E-state index in [2.05, 4.69) is 18.5 Å². The highest BCUT2D eigenvalue weighted by Gasteiger charge is 2.31. The Morgan fingerprint density at radius 3 is 2.31 bits per heavy atom. The van der Waals surface area contributed by atoms with E-state index in [1.54, 1.807) is 18.2 Å². The molecule has 0 fully saturated rings. The molecule has 1 N–H and O–H groups in total. The van der Waals surface area contributed by atoms with Crippen LogP contribution in [0, 0.1) is 13.8 Å². The number of phenolic OH excluding ortho intramolecular Hbond substituents is 1. The van der Waals surface area contributed by atoms with Gasteiger partial charge in [0.2, 0.25) is 0 Å².